The minimum absolute atomic E-state index is 0.217. The van der Waals surface area contributed by atoms with Gasteiger partial charge < -0.3 is 14.1 Å². The first kappa shape index (κ1) is 14.0. The van der Waals surface area contributed by atoms with Crippen LogP contribution in [0, 0.1) is 11.7 Å². The highest BCUT2D eigenvalue weighted by molar-refractivity contribution is 7.91. The molecule has 0 aliphatic heterocycles. The highest BCUT2D eigenvalue weighted by Gasteiger charge is 2.16. The van der Waals surface area contributed by atoms with E-state index in [0.717, 1.165) is 0 Å². The summed E-state index contributed by atoms with van der Waals surface area (Å²) in [6.07, 6.45) is 1.17. The Labute approximate surface area is 125 Å². The number of imidazole rings is 1. The van der Waals surface area contributed by atoms with Gasteiger partial charge in [-0.3, -0.25) is 0 Å². The standard InChI is InChI=1S/C12H12N4O3S2/c1-7-13-10(15-19-7)6-16-8-4-3-5-9(21(2,17)18)11(8)14-12(16)20/h3-5H,6H2,1-2H3,(H,14,20). The van der Waals surface area contributed by atoms with Gasteiger partial charge in [0, 0.05) is 13.2 Å². The van der Waals surface area contributed by atoms with Crippen molar-refractivity contribution in [2.45, 2.75) is 18.4 Å². The SMILES string of the molecule is Cc1nc(Cn2c(=S)[nH]c3c(S(C)(=O)=O)cccc32)no1. The summed E-state index contributed by atoms with van der Waals surface area (Å²) in [5.74, 6) is 0.947. The minimum Gasteiger partial charge on any atom is -0.340 e. The monoisotopic (exact) mass is 324 g/mol. The van der Waals surface area contributed by atoms with Gasteiger partial charge >= 0.3 is 0 Å². The minimum atomic E-state index is -3.34. The fourth-order valence-electron chi connectivity index (χ4n) is 2.17. The van der Waals surface area contributed by atoms with Crippen molar-refractivity contribution >= 4 is 33.1 Å². The Bertz CT molecular complexity index is 982. The number of nitrogens with zero attached hydrogens (tertiary/aromatic N) is 3. The summed E-state index contributed by atoms with van der Waals surface area (Å²) in [4.78, 5) is 7.29. The summed E-state index contributed by atoms with van der Waals surface area (Å²) in [5, 5.41) is 3.82. The number of rotatable bonds is 3. The summed E-state index contributed by atoms with van der Waals surface area (Å²) in [6, 6.07) is 5.02. The normalized spacial score (nSPS) is 12.1. The second-order valence-corrected chi connectivity index (χ2v) is 7.04. The molecule has 0 atom stereocenters. The van der Waals surface area contributed by atoms with Crippen LogP contribution in [-0.2, 0) is 16.4 Å². The Morgan fingerprint density at radius 2 is 2.19 bits per heavy atom. The molecule has 2 heterocycles. The van der Waals surface area contributed by atoms with Gasteiger partial charge in [-0.2, -0.15) is 4.98 Å². The van der Waals surface area contributed by atoms with Crippen molar-refractivity contribution in [1.29, 1.82) is 0 Å². The summed E-state index contributed by atoms with van der Waals surface area (Å²) in [5.41, 5.74) is 1.18. The summed E-state index contributed by atoms with van der Waals surface area (Å²) >= 11 is 5.27. The molecule has 0 bridgehead atoms. The van der Waals surface area contributed by atoms with Gasteiger partial charge in [0.1, 0.15) is 0 Å². The van der Waals surface area contributed by atoms with Crippen LogP contribution in [0.15, 0.2) is 27.6 Å². The summed E-state index contributed by atoms with van der Waals surface area (Å²) < 4.78 is 30.7. The Morgan fingerprint density at radius 1 is 1.43 bits per heavy atom. The van der Waals surface area contributed by atoms with Crippen LogP contribution >= 0.6 is 12.2 Å². The third-order valence-corrected chi connectivity index (χ3v) is 4.50. The average Bonchev–Trinajstić information content (AvgIpc) is 2.93. The second-order valence-electron chi connectivity index (χ2n) is 4.67. The van der Waals surface area contributed by atoms with Crippen molar-refractivity contribution in [3.63, 3.8) is 0 Å². The molecule has 0 unspecified atom stereocenters. The van der Waals surface area contributed by atoms with Gasteiger partial charge in [0.25, 0.3) is 0 Å². The lowest BCUT2D eigenvalue weighted by atomic mass is 10.3. The molecule has 21 heavy (non-hydrogen) atoms. The number of para-hydroxylation sites is 1. The Hall–Kier alpha value is -2.00. The fourth-order valence-corrected chi connectivity index (χ4v) is 3.28. The van der Waals surface area contributed by atoms with E-state index in [0.29, 0.717) is 34.1 Å². The highest BCUT2D eigenvalue weighted by atomic mass is 32.2. The Kier molecular flexibility index (Phi) is 3.18. The van der Waals surface area contributed by atoms with Crippen molar-refractivity contribution in [3.8, 4) is 0 Å². The van der Waals surface area contributed by atoms with Gasteiger partial charge in [0.05, 0.1) is 22.5 Å². The molecule has 1 aromatic carbocycles. The number of sulfone groups is 1. The quantitative estimate of drug-likeness (QED) is 0.739. The molecule has 110 valence electrons. The van der Waals surface area contributed by atoms with Crippen LogP contribution in [0.25, 0.3) is 11.0 Å². The molecule has 9 heteroatoms. The number of H-pyrrole nitrogens is 1. The molecular formula is C12H12N4O3S2. The smallest absolute Gasteiger partial charge is 0.223 e. The van der Waals surface area contributed by atoms with E-state index in [-0.39, 0.29) is 4.90 Å². The largest absolute Gasteiger partial charge is 0.340 e. The maximum Gasteiger partial charge on any atom is 0.223 e. The van der Waals surface area contributed by atoms with Crippen LogP contribution in [0.3, 0.4) is 0 Å². The molecule has 0 spiro atoms. The lowest BCUT2D eigenvalue weighted by Gasteiger charge is -2.02. The van der Waals surface area contributed by atoms with E-state index in [1.54, 1.807) is 29.7 Å². The number of hydrogen-bond acceptors (Lipinski definition) is 6. The molecule has 0 saturated heterocycles. The van der Waals surface area contributed by atoms with Crippen molar-refractivity contribution in [2.75, 3.05) is 6.26 Å². The molecule has 1 N–H and O–H groups in total. The van der Waals surface area contributed by atoms with E-state index < -0.39 is 9.84 Å². The van der Waals surface area contributed by atoms with Crippen molar-refractivity contribution in [1.82, 2.24) is 19.7 Å². The van der Waals surface area contributed by atoms with Crippen molar-refractivity contribution in [2.24, 2.45) is 0 Å². The summed E-state index contributed by atoms with van der Waals surface area (Å²) in [7, 11) is -3.34. The third kappa shape index (κ3) is 2.49. The molecule has 7 nitrogen and oxygen atoms in total. The van der Waals surface area contributed by atoms with Crippen LogP contribution in [0.2, 0.25) is 0 Å². The zero-order valence-electron chi connectivity index (χ0n) is 11.3. The number of fused-ring (bicyclic) bond motifs is 1. The molecule has 0 radical (unpaired) electrons. The molecule has 0 aliphatic carbocycles. The second kappa shape index (κ2) is 4.78. The lowest BCUT2D eigenvalue weighted by Crippen LogP contribution is -2.02. The van der Waals surface area contributed by atoms with Gasteiger partial charge in [-0.05, 0) is 24.4 Å². The molecule has 0 fully saturated rings. The van der Waals surface area contributed by atoms with Crippen LogP contribution in [0.1, 0.15) is 11.7 Å². The van der Waals surface area contributed by atoms with E-state index in [1.807, 2.05) is 0 Å². The van der Waals surface area contributed by atoms with Crippen LogP contribution in [-0.4, -0.2) is 34.4 Å². The van der Waals surface area contributed by atoms with Gasteiger partial charge in [-0.1, -0.05) is 11.2 Å². The number of hydrogen-bond donors (Lipinski definition) is 1. The first-order valence-corrected chi connectivity index (χ1v) is 8.37. The lowest BCUT2D eigenvalue weighted by molar-refractivity contribution is 0.386. The molecule has 3 aromatic rings. The van der Waals surface area contributed by atoms with Crippen LogP contribution in [0.5, 0.6) is 0 Å². The number of benzene rings is 1. The molecule has 0 saturated carbocycles. The van der Waals surface area contributed by atoms with E-state index in [9.17, 15) is 8.42 Å². The van der Waals surface area contributed by atoms with Crippen molar-refractivity contribution < 1.29 is 12.9 Å². The van der Waals surface area contributed by atoms with Gasteiger partial charge in [-0.25, -0.2) is 8.42 Å². The van der Waals surface area contributed by atoms with Crippen molar-refractivity contribution in [3.05, 3.63) is 34.7 Å². The molecule has 0 amide bonds. The highest BCUT2D eigenvalue weighted by Crippen LogP contribution is 2.23. The van der Waals surface area contributed by atoms with E-state index in [1.165, 1.54) is 6.26 Å². The number of aryl methyl sites for hydroxylation is 1. The Balaban J connectivity index is 2.21. The maximum absolute atomic E-state index is 11.8. The predicted octanol–water partition coefficient (Wildman–Crippen LogP) is 1.84. The first-order chi connectivity index (χ1) is 9.86. The molecular weight excluding hydrogens is 312 g/mol. The number of aromatic nitrogens is 4. The topological polar surface area (TPSA) is 93.8 Å². The van der Waals surface area contributed by atoms with E-state index >= 15 is 0 Å². The van der Waals surface area contributed by atoms with E-state index in [4.69, 9.17) is 16.7 Å². The Morgan fingerprint density at radius 3 is 2.81 bits per heavy atom. The number of aromatic amines is 1. The summed E-state index contributed by atoms with van der Waals surface area (Å²) in [6.45, 7) is 2.01. The fraction of sp³-hybridized carbons (Fsp3) is 0.250. The maximum atomic E-state index is 11.8. The van der Waals surface area contributed by atoms with Gasteiger partial charge in [0.2, 0.25) is 5.89 Å². The predicted molar refractivity (Wildman–Crippen MR) is 78.4 cm³/mol. The van der Waals surface area contributed by atoms with Crippen LogP contribution in [0.4, 0.5) is 0 Å². The third-order valence-electron chi connectivity index (χ3n) is 3.04. The van der Waals surface area contributed by atoms with E-state index in [2.05, 4.69) is 15.1 Å². The van der Waals surface area contributed by atoms with Crippen LogP contribution < -0.4 is 0 Å². The van der Waals surface area contributed by atoms with Gasteiger partial charge in [0.15, 0.2) is 20.4 Å². The zero-order valence-corrected chi connectivity index (χ0v) is 13.0. The van der Waals surface area contributed by atoms with Gasteiger partial charge in [-0.15, -0.1) is 0 Å². The zero-order chi connectivity index (χ0) is 15.2. The molecule has 0 aliphatic rings. The number of nitrogens with one attached hydrogen (secondary N) is 1. The molecule has 2 aromatic heterocycles. The molecule has 3 rings (SSSR count). The first-order valence-electron chi connectivity index (χ1n) is 6.07. The average molecular weight is 324 g/mol.